The van der Waals surface area contributed by atoms with Crippen LogP contribution in [0.15, 0.2) is 18.2 Å². The molecule has 1 aliphatic heterocycles. The molecule has 1 aromatic carbocycles. The molecule has 5 heteroatoms. The zero-order valence-electron chi connectivity index (χ0n) is 13.1. The maximum Gasteiger partial charge on any atom is 0.179 e. The number of hydrogen-bond donors (Lipinski definition) is 0. The van der Waals surface area contributed by atoms with E-state index in [0.717, 1.165) is 11.1 Å². The zero-order chi connectivity index (χ0) is 15.8. The van der Waals surface area contributed by atoms with Crippen molar-refractivity contribution in [2.45, 2.75) is 39.8 Å². The summed E-state index contributed by atoms with van der Waals surface area (Å²) in [5, 5.41) is 0. The highest BCUT2D eigenvalue weighted by Crippen LogP contribution is 2.19. The van der Waals surface area contributed by atoms with Crippen molar-refractivity contribution >= 4 is 15.6 Å². The predicted molar refractivity (Wildman–Crippen MR) is 84.5 cm³/mol. The average molecular weight is 309 g/mol. The number of ketones is 1. The molecule has 0 saturated carbocycles. The van der Waals surface area contributed by atoms with Gasteiger partial charge < -0.3 is 0 Å². The van der Waals surface area contributed by atoms with Crippen molar-refractivity contribution in [2.75, 3.05) is 18.1 Å². The van der Waals surface area contributed by atoms with Crippen LogP contribution in [0.5, 0.6) is 0 Å². The monoisotopic (exact) mass is 309 g/mol. The maximum absolute atomic E-state index is 12.6. The Balaban J connectivity index is 2.17. The highest BCUT2D eigenvalue weighted by atomic mass is 32.2. The van der Waals surface area contributed by atoms with E-state index >= 15 is 0 Å². The number of carbonyl (C=O) groups is 1. The number of carbonyl (C=O) groups excluding carboxylic acids is 1. The molecule has 2 atom stereocenters. The molecule has 2 unspecified atom stereocenters. The summed E-state index contributed by atoms with van der Waals surface area (Å²) in [5.41, 5.74) is 2.96. The lowest BCUT2D eigenvalue weighted by molar-refractivity contribution is 0.0794. The molecule has 1 heterocycles. The molecule has 21 heavy (non-hydrogen) atoms. The fraction of sp³-hybridized carbons (Fsp3) is 0.562. The van der Waals surface area contributed by atoms with Gasteiger partial charge in [0.25, 0.3) is 0 Å². The molecule has 0 radical (unpaired) electrons. The molecule has 2 rings (SSSR count). The molecule has 0 aliphatic carbocycles. The first-order valence-electron chi connectivity index (χ1n) is 7.29. The van der Waals surface area contributed by atoms with Crippen molar-refractivity contribution in [3.05, 3.63) is 34.9 Å². The van der Waals surface area contributed by atoms with Gasteiger partial charge in [-0.15, -0.1) is 0 Å². The number of aryl methyl sites for hydroxylation is 2. The van der Waals surface area contributed by atoms with Crippen molar-refractivity contribution in [1.29, 1.82) is 0 Å². The van der Waals surface area contributed by atoms with E-state index in [4.69, 9.17) is 0 Å². The lowest BCUT2D eigenvalue weighted by Gasteiger charge is -2.37. The summed E-state index contributed by atoms with van der Waals surface area (Å²) in [4.78, 5) is 14.6. The number of hydrogen-bond acceptors (Lipinski definition) is 4. The first-order chi connectivity index (χ1) is 9.71. The fourth-order valence-electron chi connectivity index (χ4n) is 2.87. The van der Waals surface area contributed by atoms with Crippen LogP contribution < -0.4 is 0 Å². The van der Waals surface area contributed by atoms with Crippen LogP contribution >= 0.6 is 0 Å². The van der Waals surface area contributed by atoms with Gasteiger partial charge in [-0.25, -0.2) is 8.42 Å². The molecule has 116 valence electrons. The Morgan fingerprint density at radius 1 is 1.29 bits per heavy atom. The standard InChI is InChI=1S/C16H23NO3S/c1-11-5-6-15(9-12(11)2)16(18)14(4)17-7-8-21(19,20)10-13(17)3/h5-6,9,13-14H,7-8,10H2,1-4H3. The van der Waals surface area contributed by atoms with Crippen LogP contribution in [0.2, 0.25) is 0 Å². The topological polar surface area (TPSA) is 54.5 Å². The molecule has 0 spiro atoms. The third-order valence-electron chi connectivity index (χ3n) is 4.39. The lowest BCUT2D eigenvalue weighted by atomic mass is 9.99. The number of benzene rings is 1. The molecule has 0 aromatic heterocycles. The van der Waals surface area contributed by atoms with Gasteiger partial charge >= 0.3 is 0 Å². The van der Waals surface area contributed by atoms with E-state index < -0.39 is 9.84 Å². The number of sulfone groups is 1. The largest absolute Gasteiger partial charge is 0.292 e. The molecule has 1 aliphatic rings. The molecule has 0 bridgehead atoms. The van der Waals surface area contributed by atoms with E-state index in [1.807, 2.05) is 50.8 Å². The predicted octanol–water partition coefficient (Wildman–Crippen LogP) is 1.99. The second kappa shape index (κ2) is 5.89. The summed E-state index contributed by atoms with van der Waals surface area (Å²) >= 11 is 0. The zero-order valence-corrected chi connectivity index (χ0v) is 13.9. The first kappa shape index (κ1) is 16.2. The molecule has 0 amide bonds. The Hall–Kier alpha value is -1.20. The van der Waals surface area contributed by atoms with Crippen molar-refractivity contribution in [2.24, 2.45) is 0 Å². The van der Waals surface area contributed by atoms with Crippen molar-refractivity contribution in [3.63, 3.8) is 0 Å². The highest BCUT2D eigenvalue weighted by Gasteiger charge is 2.33. The van der Waals surface area contributed by atoms with Gasteiger partial charge in [0.05, 0.1) is 17.5 Å². The second-order valence-electron chi connectivity index (χ2n) is 6.04. The summed E-state index contributed by atoms with van der Waals surface area (Å²) < 4.78 is 23.3. The second-order valence-corrected chi connectivity index (χ2v) is 8.27. The minimum Gasteiger partial charge on any atom is -0.292 e. The minimum atomic E-state index is -2.95. The van der Waals surface area contributed by atoms with Crippen molar-refractivity contribution < 1.29 is 13.2 Å². The van der Waals surface area contributed by atoms with Gasteiger partial charge in [-0.3, -0.25) is 9.69 Å². The van der Waals surface area contributed by atoms with Crippen LogP contribution in [-0.4, -0.2) is 49.2 Å². The van der Waals surface area contributed by atoms with Gasteiger partial charge in [-0.1, -0.05) is 12.1 Å². The van der Waals surface area contributed by atoms with Gasteiger partial charge in [0, 0.05) is 18.2 Å². The normalized spacial score (nSPS) is 23.7. The summed E-state index contributed by atoms with van der Waals surface area (Å²) in [6.07, 6.45) is 0. The van der Waals surface area contributed by atoms with Gasteiger partial charge in [0.2, 0.25) is 0 Å². The van der Waals surface area contributed by atoms with E-state index in [0.29, 0.717) is 12.1 Å². The van der Waals surface area contributed by atoms with Crippen LogP contribution in [-0.2, 0) is 9.84 Å². The van der Waals surface area contributed by atoms with E-state index in [9.17, 15) is 13.2 Å². The minimum absolute atomic E-state index is 0.0595. The van der Waals surface area contributed by atoms with E-state index in [1.54, 1.807) is 0 Å². The van der Waals surface area contributed by atoms with Gasteiger partial charge in [0.15, 0.2) is 15.6 Å². The highest BCUT2D eigenvalue weighted by molar-refractivity contribution is 7.91. The third kappa shape index (κ3) is 3.52. The Labute approximate surface area is 127 Å². The van der Waals surface area contributed by atoms with Gasteiger partial charge in [0.1, 0.15) is 0 Å². The van der Waals surface area contributed by atoms with Gasteiger partial charge in [-0.05, 0) is 44.9 Å². The van der Waals surface area contributed by atoms with Gasteiger partial charge in [-0.2, -0.15) is 0 Å². The Morgan fingerprint density at radius 2 is 1.95 bits per heavy atom. The van der Waals surface area contributed by atoms with Crippen LogP contribution in [0.1, 0.15) is 35.3 Å². The van der Waals surface area contributed by atoms with E-state index in [2.05, 4.69) is 0 Å². The number of rotatable bonds is 3. The third-order valence-corrected chi connectivity index (χ3v) is 6.18. The van der Waals surface area contributed by atoms with E-state index in [1.165, 1.54) is 0 Å². The summed E-state index contributed by atoms with van der Waals surface area (Å²) in [6, 6.07) is 5.32. The average Bonchev–Trinajstić information content (AvgIpc) is 2.39. The van der Waals surface area contributed by atoms with Crippen LogP contribution in [0.4, 0.5) is 0 Å². The van der Waals surface area contributed by atoms with Crippen LogP contribution in [0.25, 0.3) is 0 Å². The first-order valence-corrected chi connectivity index (χ1v) is 9.11. The van der Waals surface area contributed by atoms with Crippen molar-refractivity contribution in [1.82, 2.24) is 4.90 Å². The Bertz CT molecular complexity index is 651. The maximum atomic E-state index is 12.6. The number of Topliss-reactive ketones (excluding diaryl/α,β-unsaturated/α-hetero) is 1. The molecule has 0 N–H and O–H groups in total. The summed E-state index contributed by atoms with van der Waals surface area (Å²) in [6.45, 7) is 8.19. The summed E-state index contributed by atoms with van der Waals surface area (Å²) in [5.74, 6) is 0.337. The molecule has 1 saturated heterocycles. The Kier molecular flexibility index (Phi) is 4.54. The molecule has 1 aromatic rings. The molecular weight excluding hydrogens is 286 g/mol. The molecule has 1 fully saturated rings. The fourth-order valence-corrected chi connectivity index (χ4v) is 4.46. The van der Waals surface area contributed by atoms with Crippen molar-refractivity contribution in [3.8, 4) is 0 Å². The number of nitrogens with zero attached hydrogens (tertiary/aromatic N) is 1. The quantitative estimate of drug-likeness (QED) is 0.801. The van der Waals surface area contributed by atoms with Crippen LogP contribution in [0, 0.1) is 13.8 Å². The Morgan fingerprint density at radius 3 is 2.52 bits per heavy atom. The van der Waals surface area contributed by atoms with E-state index in [-0.39, 0.29) is 29.4 Å². The molecular formula is C16H23NO3S. The smallest absolute Gasteiger partial charge is 0.179 e. The molecule has 4 nitrogen and oxygen atoms in total. The summed E-state index contributed by atoms with van der Waals surface area (Å²) in [7, 11) is -2.95. The lowest BCUT2D eigenvalue weighted by Crippen LogP contribution is -2.53. The van der Waals surface area contributed by atoms with Crippen LogP contribution in [0.3, 0.4) is 0 Å². The SMILES string of the molecule is Cc1ccc(C(=O)C(C)N2CCS(=O)(=O)CC2C)cc1C.